The summed E-state index contributed by atoms with van der Waals surface area (Å²) in [6.45, 7) is 1.66. The van der Waals surface area contributed by atoms with Crippen LogP contribution in [0.2, 0.25) is 0 Å². The fraction of sp³-hybridized carbons (Fsp3) is 0.444. The van der Waals surface area contributed by atoms with Crippen LogP contribution < -0.4 is 0 Å². The summed E-state index contributed by atoms with van der Waals surface area (Å²) in [6, 6.07) is 0. The summed E-state index contributed by atoms with van der Waals surface area (Å²) >= 11 is 0. The van der Waals surface area contributed by atoms with Gasteiger partial charge in [0, 0.05) is 18.8 Å². The third kappa shape index (κ3) is 2.55. The van der Waals surface area contributed by atoms with Crippen LogP contribution in [0.15, 0.2) is 6.20 Å². The molecule has 6 nitrogen and oxygen atoms in total. The molecule has 0 spiro atoms. The van der Waals surface area contributed by atoms with Crippen molar-refractivity contribution < 1.29 is 19.8 Å². The number of hydrogen-bond donors (Lipinski definition) is 2. The number of carboxylic acids is 2. The van der Waals surface area contributed by atoms with Crippen LogP contribution in [0.1, 0.15) is 23.6 Å². The van der Waals surface area contributed by atoms with E-state index in [1.54, 1.807) is 14.0 Å². The molecular weight excluding hydrogens is 200 g/mol. The second kappa shape index (κ2) is 4.12. The molecule has 0 radical (unpaired) electrons. The Bertz CT molecular complexity index is 397. The molecule has 1 atom stereocenters. The monoisotopic (exact) mass is 212 g/mol. The maximum Gasteiger partial charge on any atom is 0.311 e. The summed E-state index contributed by atoms with van der Waals surface area (Å²) in [5.41, 5.74) is 0.999. The minimum absolute atomic E-state index is 0.429. The predicted molar refractivity (Wildman–Crippen MR) is 50.6 cm³/mol. The Hall–Kier alpha value is -1.85. The van der Waals surface area contributed by atoms with Gasteiger partial charge in [-0.25, -0.2) is 0 Å². The number of aliphatic carboxylic acids is 2. The minimum atomic E-state index is -1.14. The third-order valence-electron chi connectivity index (χ3n) is 2.10. The fourth-order valence-electron chi connectivity index (χ4n) is 1.46. The summed E-state index contributed by atoms with van der Waals surface area (Å²) < 4.78 is 1.47. The Labute approximate surface area is 86.1 Å². The lowest BCUT2D eigenvalue weighted by Gasteiger charge is -2.07. The molecule has 82 valence electrons. The molecule has 15 heavy (non-hydrogen) atoms. The molecule has 0 aliphatic carbocycles. The standard InChI is InChI=1S/C9H12N2O4/c1-5-7(4-11(2)10-5)6(9(14)15)3-8(12)13/h4,6H,3H2,1-2H3,(H,12,13)(H,14,15). The first kappa shape index (κ1) is 11.2. The van der Waals surface area contributed by atoms with Crippen LogP contribution in [0.5, 0.6) is 0 Å². The van der Waals surface area contributed by atoms with E-state index in [1.807, 2.05) is 0 Å². The zero-order valence-corrected chi connectivity index (χ0v) is 8.47. The molecule has 0 bridgehead atoms. The first-order chi connectivity index (χ1) is 6.91. The second-order valence-corrected chi connectivity index (χ2v) is 3.33. The van der Waals surface area contributed by atoms with Gasteiger partial charge >= 0.3 is 11.9 Å². The summed E-state index contributed by atoms with van der Waals surface area (Å²) in [5.74, 6) is -3.31. The van der Waals surface area contributed by atoms with Crippen LogP contribution in [0, 0.1) is 6.92 Å². The average Bonchev–Trinajstić information content (AvgIpc) is 2.40. The van der Waals surface area contributed by atoms with E-state index in [-0.39, 0.29) is 0 Å². The molecule has 0 saturated carbocycles. The van der Waals surface area contributed by atoms with Crippen molar-refractivity contribution >= 4 is 11.9 Å². The molecule has 1 rings (SSSR count). The van der Waals surface area contributed by atoms with E-state index >= 15 is 0 Å². The van der Waals surface area contributed by atoms with Gasteiger partial charge in [-0.2, -0.15) is 5.10 Å². The number of nitrogens with zero attached hydrogens (tertiary/aromatic N) is 2. The highest BCUT2D eigenvalue weighted by Crippen LogP contribution is 2.22. The fourth-order valence-corrected chi connectivity index (χ4v) is 1.46. The van der Waals surface area contributed by atoms with Crippen LogP contribution in [0.25, 0.3) is 0 Å². The SMILES string of the molecule is Cc1nn(C)cc1C(CC(=O)O)C(=O)O. The highest BCUT2D eigenvalue weighted by atomic mass is 16.4. The van der Waals surface area contributed by atoms with Crippen LogP contribution >= 0.6 is 0 Å². The molecule has 1 aromatic heterocycles. The first-order valence-electron chi connectivity index (χ1n) is 4.36. The highest BCUT2D eigenvalue weighted by molar-refractivity contribution is 5.82. The summed E-state index contributed by atoms with van der Waals surface area (Å²) in [7, 11) is 1.66. The van der Waals surface area contributed by atoms with Crippen molar-refractivity contribution in [2.24, 2.45) is 7.05 Å². The maximum absolute atomic E-state index is 10.9. The third-order valence-corrected chi connectivity index (χ3v) is 2.10. The van der Waals surface area contributed by atoms with E-state index < -0.39 is 24.3 Å². The molecule has 0 aromatic carbocycles. The van der Waals surface area contributed by atoms with Crippen molar-refractivity contribution in [1.82, 2.24) is 9.78 Å². The van der Waals surface area contributed by atoms with E-state index in [0.717, 1.165) is 0 Å². The molecule has 0 fully saturated rings. The zero-order valence-electron chi connectivity index (χ0n) is 8.47. The molecule has 0 aliphatic rings. The Morgan fingerprint density at radius 3 is 2.47 bits per heavy atom. The maximum atomic E-state index is 10.9. The summed E-state index contributed by atoms with van der Waals surface area (Å²) in [4.78, 5) is 21.4. The Balaban J connectivity index is 3.03. The number of aryl methyl sites for hydroxylation is 2. The van der Waals surface area contributed by atoms with E-state index in [2.05, 4.69) is 5.10 Å². The van der Waals surface area contributed by atoms with Crippen molar-refractivity contribution in [3.05, 3.63) is 17.5 Å². The largest absolute Gasteiger partial charge is 0.481 e. The predicted octanol–water partition coefficient (Wildman–Crippen LogP) is 0.371. The van der Waals surface area contributed by atoms with Crippen LogP contribution in [-0.4, -0.2) is 31.9 Å². The Kier molecular flexibility index (Phi) is 3.08. The van der Waals surface area contributed by atoms with Crippen LogP contribution in [-0.2, 0) is 16.6 Å². The van der Waals surface area contributed by atoms with Gasteiger partial charge in [0.25, 0.3) is 0 Å². The lowest BCUT2D eigenvalue weighted by atomic mass is 9.97. The molecule has 1 heterocycles. The summed E-state index contributed by atoms with van der Waals surface area (Å²) in [6.07, 6.45) is 1.11. The van der Waals surface area contributed by atoms with Gasteiger partial charge in [0.15, 0.2) is 0 Å². The molecule has 1 unspecified atom stereocenters. The summed E-state index contributed by atoms with van der Waals surface area (Å²) in [5, 5.41) is 21.5. The normalized spacial score (nSPS) is 12.4. The smallest absolute Gasteiger partial charge is 0.311 e. The van der Waals surface area contributed by atoms with E-state index in [1.165, 1.54) is 10.9 Å². The number of rotatable bonds is 4. The van der Waals surface area contributed by atoms with Gasteiger partial charge in [-0.1, -0.05) is 0 Å². The number of aromatic nitrogens is 2. The number of carboxylic acid groups (broad SMARTS) is 2. The molecule has 2 N–H and O–H groups in total. The highest BCUT2D eigenvalue weighted by Gasteiger charge is 2.26. The molecule has 0 amide bonds. The molecule has 0 aliphatic heterocycles. The van der Waals surface area contributed by atoms with Gasteiger partial charge in [-0.15, -0.1) is 0 Å². The van der Waals surface area contributed by atoms with Gasteiger partial charge in [0.2, 0.25) is 0 Å². The number of hydrogen-bond acceptors (Lipinski definition) is 3. The number of carbonyl (C=O) groups is 2. The van der Waals surface area contributed by atoms with Crippen LogP contribution in [0.4, 0.5) is 0 Å². The zero-order chi connectivity index (χ0) is 11.6. The van der Waals surface area contributed by atoms with Crippen molar-refractivity contribution in [3.63, 3.8) is 0 Å². The van der Waals surface area contributed by atoms with E-state index in [4.69, 9.17) is 10.2 Å². The van der Waals surface area contributed by atoms with Crippen molar-refractivity contribution in [2.45, 2.75) is 19.3 Å². The van der Waals surface area contributed by atoms with Gasteiger partial charge in [-0.3, -0.25) is 14.3 Å². The minimum Gasteiger partial charge on any atom is -0.481 e. The Morgan fingerprint density at radius 2 is 2.13 bits per heavy atom. The Morgan fingerprint density at radius 1 is 1.53 bits per heavy atom. The first-order valence-corrected chi connectivity index (χ1v) is 4.36. The van der Waals surface area contributed by atoms with E-state index in [0.29, 0.717) is 11.3 Å². The van der Waals surface area contributed by atoms with Gasteiger partial charge in [-0.05, 0) is 6.92 Å². The van der Waals surface area contributed by atoms with Crippen molar-refractivity contribution in [2.75, 3.05) is 0 Å². The molecule has 0 saturated heterocycles. The van der Waals surface area contributed by atoms with Gasteiger partial charge < -0.3 is 10.2 Å². The topological polar surface area (TPSA) is 92.4 Å². The van der Waals surface area contributed by atoms with Gasteiger partial charge in [0.1, 0.15) is 0 Å². The van der Waals surface area contributed by atoms with Gasteiger partial charge in [0.05, 0.1) is 18.0 Å². The second-order valence-electron chi connectivity index (χ2n) is 3.33. The average molecular weight is 212 g/mol. The van der Waals surface area contributed by atoms with Crippen LogP contribution in [0.3, 0.4) is 0 Å². The molecular formula is C9H12N2O4. The quantitative estimate of drug-likeness (QED) is 0.752. The van der Waals surface area contributed by atoms with Crippen molar-refractivity contribution in [3.8, 4) is 0 Å². The van der Waals surface area contributed by atoms with Crippen molar-refractivity contribution in [1.29, 1.82) is 0 Å². The lowest BCUT2D eigenvalue weighted by Crippen LogP contribution is -2.16. The van der Waals surface area contributed by atoms with E-state index in [9.17, 15) is 9.59 Å². The molecule has 1 aromatic rings. The molecule has 6 heteroatoms. The lowest BCUT2D eigenvalue weighted by molar-refractivity contribution is -0.145.